The zero-order valence-electron chi connectivity index (χ0n) is 20.8. The Kier molecular flexibility index (Phi) is 5.93. The summed E-state index contributed by atoms with van der Waals surface area (Å²) in [6.45, 7) is 2.12. The number of rotatable bonds is 6. The van der Waals surface area contributed by atoms with Crippen LogP contribution in [0.2, 0.25) is 0 Å². The molecule has 2 saturated heterocycles. The second-order valence-corrected chi connectivity index (χ2v) is 13.5. The van der Waals surface area contributed by atoms with E-state index in [1.807, 2.05) is 6.07 Å². The Bertz CT molecular complexity index is 1300. The molecule has 3 heterocycles. The maximum absolute atomic E-state index is 13.6. The van der Waals surface area contributed by atoms with Gasteiger partial charge in [-0.3, -0.25) is 4.79 Å². The number of anilines is 3. The Labute approximate surface area is 216 Å². The summed E-state index contributed by atoms with van der Waals surface area (Å²) in [4.78, 5) is 22.3. The van der Waals surface area contributed by atoms with Crippen LogP contribution in [0.1, 0.15) is 61.9 Å². The quantitative estimate of drug-likeness (QED) is 0.515. The van der Waals surface area contributed by atoms with Gasteiger partial charge in [0.25, 0.3) is 11.8 Å². The number of benzene rings is 1. The lowest BCUT2D eigenvalue weighted by Gasteiger charge is -2.35. The number of nitrogens with zero attached hydrogens (tertiary/aromatic N) is 3. The summed E-state index contributed by atoms with van der Waals surface area (Å²) in [6.07, 6.45) is 5.95. The van der Waals surface area contributed by atoms with E-state index in [2.05, 4.69) is 15.2 Å². The first kappa shape index (κ1) is 24.6. The van der Waals surface area contributed by atoms with Gasteiger partial charge in [-0.2, -0.15) is 0 Å². The number of piperidine rings is 2. The number of aromatic nitrogens is 1. The molecule has 1 amide bonds. The second-order valence-electron chi connectivity index (χ2n) is 11.1. The molecule has 1 spiro atoms. The standard InChI is InChI=1S/C27H33F2N5O2S/c28-27(29)12-16-34(17-13-27)24-3-1-2-22(31-24)25(35)32-21-7-6-20(37(30,36)19-4-5-19)18-23(21)33-14-10-26(8-9-26)11-15-33/h1-3,6-7,18-19,30H,4-5,8-17H2,(H,32,35). The van der Waals surface area contributed by atoms with Crippen molar-refractivity contribution in [3.63, 3.8) is 0 Å². The normalized spacial score (nSPS) is 23.9. The first-order valence-electron chi connectivity index (χ1n) is 13.2. The highest BCUT2D eigenvalue weighted by Gasteiger charge is 2.45. The fraction of sp³-hybridized carbons (Fsp3) is 0.556. The molecule has 4 aliphatic rings. The van der Waals surface area contributed by atoms with Crippen LogP contribution in [0.5, 0.6) is 0 Å². The molecule has 37 heavy (non-hydrogen) atoms. The van der Waals surface area contributed by atoms with Crippen LogP contribution in [0, 0.1) is 10.2 Å². The van der Waals surface area contributed by atoms with Crippen LogP contribution in [-0.4, -0.2) is 52.5 Å². The first-order chi connectivity index (χ1) is 17.6. The predicted octanol–water partition coefficient (Wildman–Crippen LogP) is 5.52. The average molecular weight is 530 g/mol. The maximum atomic E-state index is 13.6. The van der Waals surface area contributed by atoms with Crippen molar-refractivity contribution in [2.45, 2.75) is 67.4 Å². The molecule has 1 aromatic carbocycles. The van der Waals surface area contributed by atoms with Crippen molar-refractivity contribution in [2.24, 2.45) is 5.41 Å². The molecule has 7 nitrogen and oxygen atoms in total. The third-order valence-corrected chi connectivity index (χ3v) is 10.8. The SMILES string of the molecule is N=S(=O)(c1ccc(NC(=O)c2cccc(N3CCC(F)(F)CC3)n2)c(N2CCC3(CC2)CC3)c1)C1CC1. The van der Waals surface area contributed by atoms with Gasteiger partial charge in [-0.1, -0.05) is 6.07 Å². The fourth-order valence-corrected chi connectivity index (χ4v) is 7.28. The summed E-state index contributed by atoms with van der Waals surface area (Å²) in [7, 11) is -2.87. The van der Waals surface area contributed by atoms with Gasteiger partial charge in [-0.25, -0.2) is 22.8 Å². The van der Waals surface area contributed by atoms with E-state index in [1.54, 1.807) is 35.2 Å². The van der Waals surface area contributed by atoms with Crippen molar-refractivity contribution in [3.05, 3.63) is 42.1 Å². The third kappa shape index (κ3) is 5.04. The summed E-state index contributed by atoms with van der Waals surface area (Å²) in [6, 6.07) is 10.4. The molecule has 2 aliphatic heterocycles. The van der Waals surface area contributed by atoms with Gasteiger partial charge in [0.15, 0.2) is 0 Å². The minimum atomic E-state index is -2.87. The fourth-order valence-electron chi connectivity index (χ4n) is 5.53. The van der Waals surface area contributed by atoms with E-state index in [9.17, 15) is 17.8 Å². The molecule has 1 unspecified atom stereocenters. The second kappa shape index (κ2) is 8.92. The number of carbonyl (C=O) groups excluding carboxylic acids is 1. The number of alkyl halides is 2. The largest absolute Gasteiger partial charge is 0.370 e. The van der Waals surface area contributed by atoms with Gasteiger partial charge >= 0.3 is 0 Å². The Morgan fingerprint density at radius 1 is 0.973 bits per heavy atom. The van der Waals surface area contributed by atoms with E-state index in [-0.39, 0.29) is 42.8 Å². The summed E-state index contributed by atoms with van der Waals surface area (Å²) >= 11 is 0. The Balaban J connectivity index is 1.24. The smallest absolute Gasteiger partial charge is 0.274 e. The first-order valence-corrected chi connectivity index (χ1v) is 14.8. The molecule has 198 valence electrons. The van der Waals surface area contributed by atoms with Crippen LogP contribution in [0.4, 0.5) is 26.0 Å². The van der Waals surface area contributed by atoms with Gasteiger partial charge in [0.1, 0.15) is 11.5 Å². The molecule has 0 radical (unpaired) electrons. The molecular weight excluding hydrogens is 496 g/mol. The van der Waals surface area contributed by atoms with Gasteiger partial charge in [0, 0.05) is 49.2 Å². The van der Waals surface area contributed by atoms with Gasteiger partial charge in [-0.15, -0.1) is 0 Å². The molecule has 2 N–H and O–H groups in total. The van der Waals surface area contributed by atoms with E-state index in [1.165, 1.54) is 12.8 Å². The lowest BCUT2D eigenvalue weighted by Crippen LogP contribution is -2.39. The summed E-state index contributed by atoms with van der Waals surface area (Å²) in [5.74, 6) is -2.52. The summed E-state index contributed by atoms with van der Waals surface area (Å²) in [5.41, 5.74) is 2.10. The monoisotopic (exact) mass is 529 g/mol. The number of nitrogens with one attached hydrogen (secondary N) is 2. The van der Waals surface area contributed by atoms with Gasteiger partial charge in [0.2, 0.25) is 0 Å². The van der Waals surface area contributed by atoms with Crippen LogP contribution in [0.25, 0.3) is 0 Å². The number of hydrogen-bond donors (Lipinski definition) is 2. The summed E-state index contributed by atoms with van der Waals surface area (Å²) in [5, 5.41) is 2.91. The van der Waals surface area contributed by atoms with E-state index < -0.39 is 15.7 Å². The van der Waals surface area contributed by atoms with Gasteiger partial charge in [-0.05, 0) is 74.3 Å². The van der Waals surface area contributed by atoms with Crippen LogP contribution in [-0.2, 0) is 9.73 Å². The molecular formula is C27H33F2N5O2S. The van der Waals surface area contributed by atoms with Crippen LogP contribution in [0.15, 0.2) is 41.3 Å². The van der Waals surface area contributed by atoms with E-state index >= 15 is 0 Å². The molecule has 1 atom stereocenters. The average Bonchev–Trinajstić information content (AvgIpc) is 3.82. The molecule has 2 saturated carbocycles. The zero-order valence-corrected chi connectivity index (χ0v) is 21.7. The number of hydrogen-bond acceptors (Lipinski definition) is 6. The Hall–Kier alpha value is -2.75. The van der Waals surface area contributed by atoms with Crippen molar-refractivity contribution in [1.29, 1.82) is 4.78 Å². The van der Waals surface area contributed by atoms with Crippen molar-refractivity contribution in [2.75, 3.05) is 41.3 Å². The lowest BCUT2D eigenvalue weighted by atomic mass is 9.93. The van der Waals surface area contributed by atoms with E-state index in [0.717, 1.165) is 44.5 Å². The zero-order chi connectivity index (χ0) is 25.8. The molecule has 0 bridgehead atoms. The van der Waals surface area contributed by atoms with Crippen LogP contribution < -0.4 is 15.1 Å². The lowest BCUT2D eigenvalue weighted by molar-refractivity contribution is -0.0221. The topological polar surface area (TPSA) is 89.4 Å². The molecule has 6 rings (SSSR count). The molecule has 4 fully saturated rings. The van der Waals surface area contributed by atoms with Crippen molar-refractivity contribution < 1.29 is 17.8 Å². The highest BCUT2D eigenvalue weighted by atomic mass is 32.2. The van der Waals surface area contributed by atoms with Gasteiger partial charge in [0.05, 0.1) is 21.1 Å². The molecule has 1 aromatic heterocycles. The maximum Gasteiger partial charge on any atom is 0.274 e. The number of amides is 1. The number of halogens is 2. The Morgan fingerprint density at radius 2 is 1.65 bits per heavy atom. The Morgan fingerprint density at radius 3 is 2.30 bits per heavy atom. The van der Waals surface area contributed by atoms with Gasteiger partial charge < -0.3 is 15.1 Å². The number of carbonyl (C=O) groups is 1. The van der Waals surface area contributed by atoms with Crippen LogP contribution in [0.3, 0.4) is 0 Å². The van der Waals surface area contributed by atoms with Crippen LogP contribution >= 0.6 is 0 Å². The number of pyridine rings is 1. The van der Waals surface area contributed by atoms with Crippen molar-refractivity contribution in [1.82, 2.24) is 4.98 Å². The minimum absolute atomic E-state index is 0.0847. The third-order valence-electron chi connectivity index (χ3n) is 8.47. The van der Waals surface area contributed by atoms with Crippen molar-refractivity contribution >= 4 is 32.8 Å². The molecule has 10 heteroatoms. The minimum Gasteiger partial charge on any atom is -0.370 e. The van der Waals surface area contributed by atoms with E-state index in [0.29, 0.717) is 21.8 Å². The van der Waals surface area contributed by atoms with Crippen molar-refractivity contribution in [3.8, 4) is 0 Å². The molecule has 2 aliphatic carbocycles. The highest BCUT2D eigenvalue weighted by molar-refractivity contribution is 7.93. The predicted molar refractivity (Wildman–Crippen MR) is 140 cm³/mol. The summed E-state index contributed by atoms with van der Waals surface area (Å²) < 4.78 is 48.9. The molecule has 2 aromatic rings. The van der Waals surface area contributed by atoms with E-state index in [4.69, 9.17) is 4.78 Å². The highest BCUT2D eigenvalue weighted by Crippen LogP contribution is 2.54.